The van der Waals surface area contributed by atoms with E-state index in [2.05, 4.69) is 4.98 Å². The van der Waals surface area contributed by atoms with Crippen LogP contribution in [0.3, 0.4) is 0 Å². The van der Waals surface area contributed by atoms with E-state index in [1.807, 2.05) is 0 Å². The quantitative estimate of drug-likeness (QED) is 0.625. The summed E-state index contributed by atoms with van der Waals surface area (Å²) in [6.45, 7) is 3.43. The molecule has 0 spiro atoms. The summed E-state index contributed by atoms with van der Waals surface area (Å²) in [5, 5.41) is 9.17. The highest BCUT2D eigenvalue weighted by Crippen LogP contribution is 2.11. The van der Waals surface area contributed by atoms with E-state index < -0.39 is 6.10 Å². The van der Waals surface area contributed by atoms with Crippen LogP contribution in [0.4, 0.5) is 0 Å². The van der Waals surface area contributed by atoms with E-state index in [0.717, 1.165) is 11.3 Å². The smallest absolute Gasteiger partial charge is 0.248 e. The normalized spacial score (nSPS) is 13.0. The summed E-state index contributed by atoms with van der Waals surface area (Å²) in [5.41, 5.74) is 1.36. The molecule has 1 unspecified atom stereocenters. The Labute approximate surface area is 64.7 Å². The number of nitrogens with one attached hydrogen (secondary N) is 1. The number of aliphatic hydroxyl groups is 1. The molecule has 1 aromatic rings. The Balaban J connectivity index is 3.20. The van der Waals surface area contributed by atoms with Crippen LogP contribution >= 0.6 is 0 Å². The highest BCUT2D eigenvalue weighted by atomic mass is 16.3. The highest BCUT2D eigenvalue weighted by Gasteiger charge is 2.03. The first-order valence-corrected chi connectivity index (χ1v) is 3.49. The SMILES string of the molecule is Cc1[nH]c(=O)ccc1C(C)O. The van der Waals surface area contributed by atoms with Gasteiger partial charge < -0.3 is 10.1 Å². The van der Waals surface area contributed by atoms with Crippen LogP contribution in [0.25, 0.3) is 0 Å². The van der Waals surface area contributed by atoms with Crippen molar-refractivity contribution in [2.24, 2.45) is 0 Å². The Morgan fingerprint density at radius 3 is 2.64 bits per heavy atom. The maximum absolute atomic E-state index is 10.7. The second kappa shape index (κ2) is 2.88. The van der Waals surface area contributed by atoms with Gasteiger partial charge in [-0.25, -0.2) is 0 Å². The minimum atomic E-state index is -0.521. The number of hydrogen-bond acceptors (Lipinski definition) is 2. The highest BCUT2D eigenvalue weighted by molar-refractivity contribution is 5.20. The molecule has 11 heavy (non-hydrogen) atoms. The predicted octanol–water partition coefficient (Wildman–Crippen LogP) is 0.737. The zero-order valence-corrected chi connectivity index (χ0v) is 6.59. The molecular weight excluding hydrogens is 142 g/mol. The van der Waals surface area contributed by atoms with Gasteiger partial charge in [0.25, 0.3) is 0 Å². The van der Waals surface area contributed by atoms with Gasteiger partial charge in [-0.05, 0) is 25.5 Å². The molecule has 0 radical (unpaired) electrons. The second-order valence-corrected chi connectivity index (χ2v) is 2.58. The summed E-state index contributed by atoms with van der Waals surface area (Å²) < 4.78 is 0. The Morgan fingerprint density at radius 1 is 1.55 bits per heavy atom. The third-order valence-corrected chi connectivity index (χ3v) is 1.61. The molecule has 0 amide bonds. The van der Waals surface area contributed by atoms with Crippen molar-refractivity contribution in [3.63, 3.8) is 0 Å². The summed E-state index contributed by atoms with van der Waals surface area (Å²) in [4.78, 5) is 13.3. The average Bonchev–Trinajstić information content (AvgIpc) is 1.85. The van der Waals surface area contributed by atoms with E-state index in [1.165, 1.54) is 6.07 Å². The van der Waals surface area contributed by atoms with Gasteiger partial charge >= 0.3 is 0 Å². The van der Waals surface area contributed by atoms with Gasteiger partial charge in [-0.3, -0.25) is 4.79 Å². The van der Waals surface area contributed by atoms with Crippen molar-refractivity contribution in [3.8, 4) is 0 Å². The molecule has 0 aliphatic heterocycles. The Hall–Kier alpha value is -1.09. The fraction of sp³-hybridized carbons (Fsp3) is 0.375. The van der Waals surface area contributed by atoms with Crippen molar-refractivity contribution < 1.29 is 5.11 Å². The summed E-state index contributed by atoms with van der Waals surface area (Å²) in [5.74, 6) is 0. The van der Waals surface area contributed by atoms with Crippen LogP contribution in [-0.2, 0) is 0 Å². The summed E-state index contributed by atoms with van der Waals surface area (Å²) in [6, 6.07) is 3.05. The minimum Gasteiger partial charge on any atom is -0.389 e. The van der Waals surface area contributed by atoms with Gasteiger partial charge in [0.2, 0.25) is 5.56 Å². The lowest BCUT2D eigenvalue weighted by Crippen LogP contribution is -2.08. The number of aromatic amines is 1. The third-order valence-electron chi connectivity index (χ3n) is 1.61. The van der Waals surface area contributed by atoms with Crippen molar-refractivity contribution >= 4 is 0 Å². The van der Waals surface area contributed by atoms with E-state index in [0.29, 0.717) is 0 Å². The van der Waals surface area contributed by atoms with E-state index >= 15 is 0 Å². The van der Waals surface area contributed by atoms with E-state index in [4.69, 9.17) is 0 Å². The molecule has 3 nitrogen and oxygen atoms in total. The largest absolute Gasteiger partial charge is 0.389 e. The maximum Gasteiger partial charge on any atom is 0.248 e. The Kier molecular flexibility index (Phi) is 2.10. The molecule has 0 aliphatic rings. The van der Waals surface area contributed by atoms with Crippen molar-refractivity contribution in [1.82, 2.24) is 4.98 Å². The summed E-state index contributed by atoms with van der Waals surface area (Å²) >= 11 is 0. The molecule has 0 saturated carbocycles. The van der Waals surface area contributed by atoms with Gasteiger partial charge in [0.1, 0.15) is 0 Å². The number of aryl methyl sites for hydroxylation is 1. The second-order valence-electron chi connectivity index (χ2n) is 2.58. The van der Waals surface area contributed by atoms with Crippen LogP contribution < -0.4 is 5.56 Å². The monoisotopic (exact) mass is 153 g/mol. The zero-order chi connectivity index (χ0) is 8.43. The number of hydrogen-bond donors (Lipinski definition) is 2. The number of pyridine rings is 1. The molecule has 2 N–H and O–H groups in total. The molecule has 0 bridgehead atoms. The van der Waals surface area contributed by atoms with Crippen LogP contribution in [0.1, 0.15) is 24.3 Å². The van der Waals surface area contributed by atoms with Gasteiger partial charge in [0.15, 0.2) is 0 Å². The number of H-pyrrole nitrogens is 1. The first kappa shape index (κ1) is 8.01. The number of aliphatic hydroxyl groups excluding tert-OH is 1. The zero-order valence-electron chi connectivity index (χ0n) is 6.59. The lowest BCUT2D eigenvalue weighted by Gasteiger charge is -2.06. The van der Waals surface area contributed by atoms with Crippen molar-refractivity contribution in [2.45, 2.75) is 20.0 Å². The average molecular weight is 153 g/mol. The molecular formula is C8H11NO2. The van der Waals surface area contributed by atoms with Crippen LogP contribution in [0.15, 0.2) is 16.9 Å². The Bertz CT molecular complexity index is 301. The molecule has 1 aromatic heterocycles. The number of aromatic nitrogens is 1. The lowest BCUT2D eigenvalue weighted by atomic mass is 10.1. The summed E-state index contributed by atoms with van der Waals surface area (Å²) in [7, 11) is 0. The van der Waals surface area contributed by atoms with Gasteiger partial charge in [-0.1, -0.05) is 0 Å². The number of rotatable bonds is 1. The first-order valence-electron chi connectivity index (χ1n) is 3.49. The molecule has 1 rings (SSSR count). The van der Waals surface area contributed by atoms with Gasteiger partial charge in [-0.15, -0.1) is 0 Å². The van der Waals surface area contributed by atoms with Crippen LogP contribution in [0, 0.1) is 6.92 Å². The standard InChI is InChI=1S/C8H11NO2/c1-5-7(6(2)10)3-4-8(11)9-5/h3-4,6,10H,1-2H3,(H,9,11). The summed E-state index contributed by atoms with van der Waals surface area (Å²) in [6.07, 6.45) is -0.521. The van der Waals surface area contributed by atoms with E-state index in [1.54, 1.807) is 19.9 Å². The maximum atomic E-state index is 10.7. The third kappa shape index (κ3) is 1.68. The van der Waals surface area contributed by atoms with Crippen molar-refractivity contribution in [2.75, 3.05) is 0 Å². The topological polar surface area (TPSA) is 53.1 Å². The predicted molar refractivity (Wildman–Crippen MR) is 42.4 cm³/mol. The van der Waals surface area contributed by atoms with Gasteiger partial charge in [0, 0.05) is 11.8 Å². The molecule has 3 heteroatoms. The van der Waals surface area contributed by atoms with E-state index in [-0.39, 0.29) is 5.56 Å². The minimum absolute atomic E-state index is 0.132. The van der Waals surface area contributed by atoms with Gasteiger partial charge in [-0.2, -0.15) is 0 Å². The Morgan fingerprint density at radius 2 is 2.18 bits per heavy atom. The molecule has 0 aromatic carbocycles. The van der Waals surface area contributed by atoms with Crippen LogP contribution in [0.2, 0.25) is 0 Å². The van der Waals surface area contributed by atoms with Crippen molar-refractivity contribution in [1.29, 1.82) is 0 Å². The lowest BCUT2D eigenvalue weighted by molar-refractivity contribution is 0.198. The molecule has 0 fully saturated rings. The first-order chi connectivity index (χ1) is 5.11. The fourth-order valence-electron chi connectivity index (χ4n) is 1.04. The van der Waals surface area contributed by atoms with Crippen LogP contribution in [0.5, 0.6) is 0 Å². The fourth-order valence-corrected chi connectivity index (χ4v) is 1.04. The molecule has 60 valence electrons. The molecule has 0 aliphatic carbocycles. The molecule has 1 heterocycles. The van der Waals surface area contributed by atoms with Crippen LogP contribution in [-0.4, -0.2) is 10.1 Å². The van der Waals surface area contributed by atoms with Crippen molar-refractivity contribution in [3.05, 3.63) is 33.7 Å². The van der Waals surface area contributed by atoms with E-state index in [9.17, 15) is 9.90 Å². The van der Waals surface area contributed by atoms with Gasteiger partial charge in [0.05, 0.1) is 6.10 Å². The molecule has 1 atom stereocenters. The molecule has 0 saturated heterocycles.